The second kappa shape index (κ2) is 32.3. The van der Waals surface area contributed by atoms with Crippen molar-refractivity contribution in [1.82, 2.24) is 0 Å². The van der Waals surface area contributed by atoms with Gasteiger partial charge in [-0.1, -0.05) is 129 Å². The number of ether oxygens (including phenoxy) is 2. The van der Waals surface area contributed by atoms with Crippen LogP contribution in [0.15, 0.2) is 12.2 Å². The molecule has 0 fully saturated rings. The van der Waals surface area contributed by atoms with Crippen molar-refractivity contribution < 1.29 is 42.7 Å². The van der Waals surface area contributed by atoms with Crippen molar-refractivity contribution in [2.45, 2.75) is 174 Å². The zero-order chi connectivity index (χ0) is 34.1. The number of carboxylic acid groups (broad SMARTS) is 1. The van der Waals surface area contributed by atoms with Crippen molar-refractivity contribution >= 4 is 19.8 Å². The maximum absolute atomic E-state index is 12.5. The van der Waals surface area contributed by atoms with Gasteiger partial charge in [0.05, 0.1) is 19.8 Å². The first-order chi connectivity index (χ1) is 22.2. The lowest BCUT2D eigenvalue weighted by Crippen LogP contribution is -2.34. The lowest BCUT2D eigenvalue weighted by atomic mass is 10.1. The molecule has 0 amide bonds. The molecule has 46 heavy (non-hydrogen) atoms. The zero-order valence-corrected chi connectivity index (χ0v) is 30.1. The smallest absolute Gasteiger partial charge is 0.472 e. The molecule has 0 spiro atoms. The Morgan fingerprint density at radius 2 is 1.13 bits per heavy atom. The number of hydrogen-bond acceptors (Lipinski definition) is 8. The fraction of sp³-hybridized carbons (Fsp3) is 0.886. The second-order valence-electron chi connectivity index (χ2n) is 12.4. The number of carboxylic acids is 1. The first-order valence-electron chi connectivity index (χ1n) is 18.2. The van der Waals surface area contributed by atoms with Gasteiger partial charge in [-0.3, -0.25) is 18.6 Å². The Hall–Kier alpha value is -1.29. The molecular weight excluding hydrogens is 609 g/mol. The fourth-order valence-electron chi connectivity index (χ4n) is 4.89. The van der Waals surface area contributed by atoms with Gasteiger partial charge in [0.15, 0.2) is 0 Å². The molecule has 0 bridgehead atoms. The number of unbranched alkanes of at least 4 members (excludes halogenated alkanes) is 19. The Morgan fingerprint density at radius 3 is 1.67 bits per heavy atom. The van der Waals surface area contributed by atoms with E-state index in [0.29, 0.717) is 13.0 Å². The number of hydrogen-bond donors (Lipinski definition) is 3. The van der Waals surface area contributed by atoms with Crippen molar-refractivity contribution in [3.8, 4) is 0 Å². The molecule has 0 aromatic heterocycles. The van der Waals surface area contributed by atoms with Gasteiger partial charge in [0.1, 0.15) is 12.1 Å². The van der Waals surface area contributed by atoms with Crippen LogP contribution < -0.4 is 5.73 Å². The topological polar surface area (TPSA) is 155 Å². The minimum Gasteiger partial charge on any atom is -0.480 e. The monoisotopic (exact) mass is 677 g/mol. The van der Waals surface area contributed by atoms with Gasteiger partial charge < -0.3 is 25.2 Å². The van der Waals surface area contributed by atoms with Gasteiger partial charge in [-0.05, 0) is 38.5 Å². The van der Waals surface area contributed by atoms with E-state index >= 15 is 0 Å². The third-order valence-electron chi connectivity index (χ3n) is 7.79. The van der Waals surface area contributed by atoms with Gasteiger partial charge in [0.25, 0.3) is 0 Å². The molecule has 3 atom stereocenters. The fourth-order valence-corrected chi connectivity index (χ4v) is 5.67. The van der Waals surface area contributed by atoms with E-state index in [1.807, 2.05) is 0 Å². The summed E-state index contributed by atoms with van der Waals surface area (Å²) in [4.78, 5) is 33.3. The standard InChI is InChI=1S/C35H68NO9P/c1-3-5-7-9-11-13-15-16-17-19-21-23-25-27-34(37)45-32(30-43-46(40,41)44-31-33(36)35(38)39)29-42-28-26-24-22-20-18-14-12-10-8-6-4-2/h13,15,32-33H,3-12,14,16-31,36H2,1-2H3,(H,38,39)(H,40,41)/b15-13-. The van der Waals surface area contributed by atoms with Crippen LogP contribution in [-0.4, -0.2) is 60.5 Å². The van der Waals surface area contributed by atoms with Gasteiger partial charge >= 0.3 is 19.8 Å². The molecule has 3 unspecified atom stereocenters. The van der Waals surface area contributed by atoms with Gasteiger partial charge in [-0.15, -0.1) is 0 Å². The zero-order valence-electron chi connectivity index (χ0n) is 29.2. The van der Waals surface area contributed by atoms with Crippen LogP contribution in [0.2, 0.25) is 0 Å². The van der Waals surface area contributed by atoms with Crippen LogP contribution in [0, 0.1) is 0 Å². The lowest BCUT2D eigenvalue weighted by Gasteiger charge is -2.20. The molecule has 0 aliphatic carbocycles. The Balaban J connectivity index is 4.33. The molecule has 0 heterocycles. The largest absolute Gasteiger partial charge is 0.480 e. The molecule has 11 heteroatoms. The molecule has 4 N–H and O–H groups in total. The molecule has 0 saturated heterocycles. The normalized spacial score (nSPS) is 14.3. The number of phosphoric acid groups is 1. The van der Waals surface area contributed by atoms with Crippen LogP contribution in [0.3, 0.4) is 0 Å². The van der Waals surface area contributed by atoms with Crippen LogP contribution in [0.5, 0.6) is 0 Å². The summed E-state index contributed by atoms with van der Waals surface area (Å²) in [6.45, 7) is 3.84. The van der Waals surface area contributed by atoms with Gasteiger partial charge in [0, 0.05) is 13.0 Å². The summed E-state index contributed by atoms with van der Waals surface area (Å²) in [5.74, 6) is -1.79. The summed E-state index contributed by atoms with van der Waals surface area (Å²) in [6, 6.07) is -1.47. The highest BCUT2D eigenvalue weighted by Crippen LogP contribution is 2.43. The molecular formula is C35H68NO9P. The molecule has 0 aromatic carbocycles. The SMILES string of the molecule is CCCCCC/C=C\CCCCCCCC(=O)OC(COCCCCCCCCCCCCC)COP(=O)(O)OCC(N)C(=O)O. The quantitative estimate of drug-likeness (QED) is 0.0256. The number of aliphatic carboxylic acids is 1. The van der Waals surface area contributed by atoms with Crippen LogP contribution >= 0.6 is 7.82 Å². The van der Waals surface area contributed by atoms with Crippen molar-refractivity contribution in [3.05, 3.63) is 12.2 Å². The van der Waals surface area contributed by atoms with Gasteiger partial charge in [0.2, 0.25) is 0 Å². The molecule has 10 nitrogen and oxygen atoms in total. The summed E-state index contributed by atoms with van der Waals surface area (Å²) in [7, 11) is -4.60. The number of carbonyl (C=O) groups is 2. The van der Waals surface area contributed by atoms with E-state index in [1.165, 1.54) is 83.5 Å². The van der Waals surface area contributed by atoms with E-state index in [2.05, 4.69) is 30.5 Å². The Bertz CT molecular complexity index is 796. The number of phosphoric ester groups is 1. The van der Waals surface area contributed by atoms with Gasteiger partial charge in [-0.25, -0.2) is 4.57 Å². The molecule has 0 saturated carbocycles. The van der Waals surface area contributed by atoms with E-state index in [-0.39, 0.29) is 13.0 Å². The predicted octanol–water partition coefficient (Wildman–Crippen LogP) is 9.03. The number of allylic oxidation sites excluding steroid dienone is 2. The lowest BCUT2D eigenvalue weighted by molar-refractivity contribution is -0.154. The van der Waals surface area contributed by atoms with Crippen molar-refractivity contribution in [2.75, 3.05) is 26.4 Å². The number of esters is 1. The third kappa shape index (κ3) is 31.3. The average Bonchev–Trinajstić information content (AvgIpc) is 3.03. The summed E-state index contributed by atoms with van der Waals surface area (Å²) in [5.41, 5.74) is 5.33. The Labute approximate surface area is 280 Å². The van der Waals surface area contributed by atoms with E-state index < -0.39 is 45.1 Å². The number of rotatable bonds is 35. The third-order valence-corrected chi connectivity index (χ3v) is 8.75. The molecule has 272 valence electrons. The maximum atomic E-state index is 12.5. The highest BCUT2D eigenvalue weighted by atomic mass is 31.2. The summed E-state index contributed by atoms with van der Waals surface area (Å²) in [6.07, 6.45) is 29.7. The first-order valence-corrected chi connectivity index (χ1v) is 19.7. The van der Waals surface area contributed by atoms with Crippen molar-refractivity contribution in [3.63, 3.8) is 0 Å². The first kappa shape index (κ1) is 44.7. The minimum absolute atomic E-state index is 0.0181. The van der Waals surface area contributed by atoms with Crippen LogP contribution in [0.4, 0.5) is 0 Å². The van der Waals surface area contributed by atoms with E-state index in [9.17, 15) is 19.0 Å². The van der Waals surface area contributed by atoms with E-state index in [1.54, 1.807) is 0 Å². The van der Waals surface area contributed by atoms with E-state index in [0.717, 1.165) is 51.4 Å². The minimum atomic E-state index is -4.60. The predicted molar refractivity (Wildman–Crippen MR) is 185 cm³/mol. The molecule has 0 rings (SSSR count). The van der Waals surface area contributed by atoms with Crippen LogP contribution in [0.25, 0.3) is 0 Å². The molecule has 0 aromatic rings. The highest BCUT2D eigenvalue weighted by Gasteiger charge is 2.27. The van der Waals surface area contributed by atoms with Crippen LogP contribution in [-0.2, 0) is 32.7 Å². The van der Waals surface area contributed by atoms with E-state index in [4.69, 9.17) is 24.8 Å². The summed E-state index contributed by atoms with van der Waals surface area (Å²) >= 11 is 0. The van der Waals surface area contributed by atoms with Crippen LogP contribution in [0.1, 0.15) is 162 Å². The molecule has 0 radical (unpaired) electrons. The van der Waals surface area contributed by atoms with Crippen molar-refractivity contribution in [2.24, 2.45) is 5.73 Å². The molecule has 0 aliphatic heterocycles. The second-order valence-corrected chi connectivity index (χ2v) is 13.8. The number of nitrogens with two attached hydrogens (primary N) is 1. The summed E-state index contributed by atoms with van der Waals surface area (Å²) in [5, 5.41) is 8.84. The van der Waals surface area contributed by atoms with Gasteiger partial charge in [-0.2, -0.15) is 0 Å². The molecule has 0 aliphatic rings. The van der Waals surface area contributed by atoms with Crippen molar-refractivity contribution in [1.29, 1.82) is 0 Å². The highest BCUT2D eigenvalue weighted by molar-refractivity contribution is 7.47. The Morgan fingerprint density at radius 1 is 0.674 bits per heavy atom. The maximum Gasteiger partial charge on any atom is 0.472 e. The number of carbonyl (C=O) groups excluding carboxylic acids is 1. The average molecular weight is 678 g/mol. The summed E-state index contributed by atoms with van der Waals surface area (Å²) < 4.78 is 33.1. The Kier molecular flexibility index (Phi) is 31.4.